The standard InChI is InChI=1S/C34H36ClF2N7O2/c1-21(36)31(45)44-13-12-43(15-23(44)14-38-2)30-24-10-11-42(27-7-5-6-22-8-9-25(37)29(35)28(22)27)16-26(24)39-32(40-30)46-20-33-17-34(18-33,19-33)41(3)4/h5-9,23H,1,10-20H2,3-4H3/t23-,33?,34?/m0/s1. The molecule has 2 bridgehead atoms. The highest BCUT2D eigenvalue weighted by molar-refractivity contribution is 6.36. The first-order valence-electron chi connectivity index (χ1n) is 15.6. The number of hydrogen-bond acceptors (Lipinski definition) is 7. The van der Waals surface area contributed by atoms with Crippen molar-refractivity contribution in [3.63, 3.8) is 0 Å². The van der Waals surface area contributed by atoms with E-state index in [2.05, 4.69) is 40.2 Å². The highest BCUT2D eigenvalue weighted by atomic mass is 35.5. The first-order valence-corrected chi connectivity index (χ1v) is 16.0. The van der Waals surface area contributed by atoms with Crippen LogP contribution in [0.2, 0.25) is 5.02 Å². The largest absolute Gasteiger partial charge is 0.463 e. The number of piperazine rings is 1. The molecule has 3 heterocycles. The Morgan fingerprint density at radius 1 is 1.17 bits per heavy atom. The highest BCUT2D eigenvalue weighted by Crippen LogP contribution is 2.69. The van der Waals surface area contributed by atoms with Gasteiger partial charge in [0.2, 0.25) is 6.54 Å². The summed E-state index contributed by atoms with van der Waals surface area (Å²) in [5, 5.41) is 1.61. The number of ether oxygens (including phenoxy) is 1. The molecule has 5 aliphatic rings. The third kappa shape index (κ3) is 5.03. The molecule has 0 spiro atoms. The molecule has 1 saturated heterocycles. The zero-order valence-electron chi connectivity index (χ0n) is 26.0. The van der Waals surface area contributed by atoms with Crippen LogP contribution in [0.25, 0.3) is 15.6 Å². The van der Waals surface area contributed by atoms with Crippen LogP contribution in [0.15, 0.2) is 42.7 Å². The second-order valence-electron chi connectivity index (χ2n) is 13.4. The molecule has 46 heavy (non-hydrogen) atoms. The number of benzene rings is 2. The average Bonchev–Trinajstić information content (AvgIpc) is 3.00. The number of aromatic nitrogens is 2. The molecular weight excluding hydrogens is 612 g/mol. The van der Waals surface area contributed by atoms with Crippen LogP contribution in [-0.2, 0) is 17.8 Å². The number of hydrogen-bond donors (Lipinski definition) is 0. The summed E-state index contributed by atoms with van der Waals surface area (Å²) in [5.41, 5.74) is 3.02. The molecule has 8 rings (SSSR count). The minimum atomic E-state index is -1.03. The van der Waals surface area contributed by atoms with Gasteiger partial charge < -0.3 is 29.2 Å². The van der Waals surface area contributed by atoms with Gasteiger partial charge in [-0.15, -0.1) is 0 Å². The first kappa shape index (κ1) is 30.6. The third-order valence-electron chi connectivity index (χ3n) is 10.4. The van der Waals surface area contributed by atoms with Gasteiger partial charge in [-0.1, -0.05) is 36.4 Å². The van der Waals surface area contributed by atoms with E-state index in [9.17, 15) is 13.6 Å². The molecule has 2 aliphatic heterocycles. The van der Waals surface area contributed by atoms with Crippen molar-refractivity contribution >= 4 is 39.8 Å². The molecule has 9 nitrogen and oxygen atoms in total. The smallest absolute Gasteiger partial charge is 0.318 e. The van der Waals surface area contributed by atoms with Crippen molar-refractivity contribution in [3.05, 3.63) is 76.3 Å². The minimum absolute atomic E-state index is 0.0362. The van der Waals surface area contributed by atoms with Gasteiger partial charge in [-0.3, -0.25) is 4.79 Å². The van der Waals surface area contributed by atoms with Crippen LogP contribution in [0.3, 0.4) is 0 Å². The van der Waals surface area contributed by atoms with Crippen LogP contribution in [0, 0.1) is 17.8 Å². The SMILES string of the molecule is [C-]#[N+]C[C@H]1CN(c2nc(OCC34CC(N(C)C)(C3)C4)nc3c2CCN(c2cccc4ccc(F)c(Cl)c24)C3)CCN1C(=O)C(=C)F. The molecule has 2 aromatic carbocycles. The van der Waals surface area contributed by atoms with E-state index >= 15 is 0 Å². The molecule has 1 amide bonds. The van der Waals surface area contributed by atoms with Crippen LogP contribution in [0.5, 0.6) is 6.01 Å². The van der Waals surface area contributed by atoms with Crippen molar-refractivity contribution in [2.45, 2.75) is 43.8 Å². The molecule has 0 unspecified atom stereocenters. The Hall–Kier alpha value is -4.01. The molecule has 1 atom stereocenters. The minimum Gasteiger partial charge on any atom is -0.463 e. The summed E-state index contributed by atoms with van der Waals surface area (Å²) in [5.74, 6) is -1.56. The Morgan fingerprint density at radius 2 is 1.96 bits per heavy atom. The summed E-state index contributed by atoms with van der Waals surface area (Å²) < 4.78 is 34.8. The van der Waals surface area contributed by atoms with E-state index in [4.69, 9.17) is 32.9 Å². The summed E-state index contributed by atoms with van der Waals surface area (Å²) in [6, 6.07) is 8.70. The van der Waals surface area contributed by atoms with Gasteiger partial charge >= 0.3 is 6.01 Å². The van der Waals surface area contributed by atoms with E-state index in [1.807, 2.05) is 18.2 Å². The summed E-state index contributed by atoms with van der Waals surface area (Å²) in [4.78, 5) is 33.9. The molecule has 240 valence electrons. The summed E-state index contributed by atoms with van der Waals surface area (Å²) in [6.45, 7) is 13.2. The van der Waals surface area contributed by atoms with Crippen molar-refractivity contribution in [1.82, 2.24) is 19.8 Å². The number of anilines is 2. The van der Waals surface area contributed by atoms with E-state index < -0.39 is 23.6 Å². The lowest BCUT2D eigenvalue weighted by Gasteiger charge is -2.72. The van der Waals surface area contributed by atoms with Crippen LogP contribution in [0.4, 0.5) is 20.3 Å². The first-order chi connectivity index (χ1) is 22.0. The Kier molecular flexibility index (Phi) is 7.56. The Balaban J connectivity index is 1.21. The second-order valence-corrected chi connectivity index (χ2v) is 13.8. The number of carbonyl (C=O) groups excluding carboxylic acids is 1. The second kappa shape index (κ2) is 11.4. The molecule has 1 aromatic heterocycles. The third-order valence-corrected chi connectivity index (χ3v) is 10.8. The lowest BCUT2D eigenvalue weighted by atomic mass is 9.39. The van der Waals surface area contributed by atoms with Gasteiger partial charge in [0, 0.05) is 53.8 Å². The Bertz CT molecular complexity index is 1770. The number of carbonyl (C=O) groups is 1. The molecule has 4 fully saturated rings. The summed E-state index contributed by atoms with van der Waals surface area (Å²) in [7, 11) is 4.26. The normalized spacial score (nSPS) is 25.1. The van der Waals surface area contributed by atoms with E-state index in [0.717, 1.165) is 41.6 Å². The molecule has 0 radical (unpaired) electrons. The van der Waals surface area contributed by atoms with Crippen LogP contribution in [0.1, 0.15) is 30.5 Å². The molecular formula is C34H36ClF2N7O2. The molecule has 0 N–H and O–H groups in total. The number of halogens is 3. The highest BCUT2D eigenvalue weighted by Gasteiger charge is 2.69. The van der Waals surface area contributed by atoms with Crippen LogP contribution >= 0.6 is 11.6 Å². The predicted molar refractivity (Wildman–Crippen MR) is 173 cm³/mol. The van der Waals surface area contributed by atoms with Crippen LogP contribution in [-0.4, -0.2) is 90.7 Å². The molecule has 3 aromatic rings. The van der Waals surface area contributed by atoms with Gasteiger partial charge in [0.15, 0.2) is 5.83 Å². The van der Waals surface area contributed by atoms with Gasteiger partial charge in [-0.25, -0.2) is 15.4 Å². The monoisotopic (exact) mass is 647 g/mol. The van der Waals surface area contributed by atoms with Gasteiger partial charge in [0.1, 0.15) is 17.7 Å². The number of rotatable bonds is 8. The fourth-order valence-electron chi connectivity index (χ4n) is 7.99. The Morgan fingerprint density at radius 3 is 2.67 bits per heavy atom. The molecule has 12 heteroatoms. The van der Waals surface area contributed by atoms with E-state index in [0.29, 0.717) is 56.4 Å². The Labute approximate surface area is 272 Å². The van der Waals surface area contributed by atoms with Crippen molar-refractivity contribution in [1.29, 1.82) is 0 Å². The van der Waals surface area contributed by atoms with Gasteiger partial charge in [0.05, 0.1) is 23.9 Å². The van der Waals surface area contributed by atoms with Gasteiger partial charge in [-0.2, -0.15) is 9.97 Å². The lowest BCUT2D eigenvalue weighted by molar-refractivity contribution is -0.220. The molecule has 3 aliphatic carbocycles. The van der Waals surface area contributed by atoms with Crippen molar-refractivity contribution in [2.75, 3.05) is 63.2 Å². The lowest BCUT2D eigenvalue weighted by Crippen LogP contribution is -2.74. The number of fused-ring (bicyclic) bond motifs is 2. The average molecular weight is 648 g/mol. The van der Waals surface area contributed by atoms with E-state index in [-0.39, 0.29) is 29.1 Å². The maximum absolute atomic E-state index is 14.6. The number of amides is 1. The van der Waals surface area contributed by atoms with Gasteiger partial charge in [-0.05, 0) is 57.3 Å². The zero-order chi connectivity index (χ0) is 32.4. The number of nitrogens with zero attached hydrogens (tertiary/aromatic N) is 7. The quantitative estimate of drug-likeness (QED) is 0.244. The summed E-state index contributed by atoms with van der Waals surface area (Å²) in [6.07, 6.45) is 3.87. The van der Waals surface area contributed by atoms with Crippen molar-refractivity contribution in [3.8, 4) is 6.01 Å². The van der Waals surface area contributed by atoms with Crippen molar-refractivity contribution < 1.29 is 18.3 Å². The van der Waals surface area contributed by atoms with Gasteiger partial charge in [0.25, 0.3) is 5.91 Å². The van der Waals surface area contributed by atoms with E-state index in [1.165, 1.54) is 11.0 Å². The maximum atomic E-state index is 14.6. The summed E-state index contributed by atoms with van der Waals surface area (Å²) >= 11 is 6.50. The van der Waals surface area contributed by atoms with Crippen molar-refractivity contribution in [2.24, 2.45) is 5.41 Å². The maximum Gasteiger partial charge on any atom is 0.318 e. The molecule has 3 saturated carbocycles. The van der Waals surface area contributed by atoms with Crippen LogP contribution < -0.4 is 14.5 Å². The fraction of sp³-hybridized carbons (Fsp3) is 0.471. The van der Waals surface area contributed by atoms with E-state index in [1.54, 1.807) is 6.07 Å². The topological polar surface area (TPSA) is 69.4 Å². The fourth-order valence-corrected chi connectivity index (χ4v) is 8.26. The zero-order valence-corrected chi connectivity index (χ0v) is 26.8. The predicted octanol–water partition coefficient (Wildman–Crippen LogP) is 5.27.